The van der Waals surface area contributed by atoms with Crippen LogP contribution >= 0.6 is 0 Å². The number of hydrogen-bond acceptors (Lipinski definition) is 9. The predicted octanol–water partition coefficient (Wildman–Crippen LogP) is 8.00. The second-order valence-corrected chi connectivity index (χ2v) is 11.3. The lowest BCUT2D eigenvalue weighted by Crippen LogP contribution is -2.05. The van der Waals surface area contributed by atoms with E-state index in [9.17, 15) is 26.3 Å². The lowest BCUT2D eigenvalue weighted by molar-refractivity contribution is 0.514. The molecule has 6 aromatic heterocycles. The maximum atomic E-state index is 14.4. The molecule has 0 bridgehead atoms. The molecule has 0 atom stereocenters. The molecule has 51 heavy (non-hydrogen) atoms. The quantitative estimate of drug-likeness (QED) is 0.126. The van der Waals surface area contributed by atoms with Gasteiger partial charge in [0, 0.05) is 16.7 Å². The lowest BCUT2D eigenvalue weighted by Gasteiger charge is -2.22. The smallest absolute Gasteiger partial charge is 0.225 e. The maximum Gasteiger partial charge on any atom is 0.225 e. The first kappa shape index (κ1) is 33.0. The summed E-state index contributed by atoms with van der Waals surface area (Å²) >= 11 is 0. The molecule has 0 unspecified atom stereocenters. The average Bonchev–Trinajstić information content (AvgIpc) is 3.10. The lowest BCUT2D eigenvalue weighted by atomic mass is 9.84. The normalized spacial score (nSPS) is 11.2. The summed E-state index contributed by atoms with van der Waals surface area (Å²) in [5.74, 6) is -6.04. The Morgan fingerprint density at radius 1 is 0.333 bits per heavy atom. The molecule has 15 heteroatoms. The first-order valence-corrected chi connectivity index (χ1v) is 15.1. The molecule has 0 radical (unpaired) electrons. The van der Waals surface area contributed by atoms with E-state index < -0.39 is 35.7 Å². The van der Waals surface area contributed by atoms with E-state index in [1.54, 1.807) is 0 Å². The van der Waals surface area contributed by atoms with Crippen LogP contribution in [0.5, 0.6) is 0 Å². The van der Waals surface area contributed by atoms with Gasteiger partial charge >= 0.3 is 0 Å². The first-order chi connectivity index (χ1) is 24.5. The Kier molecular flexibility index (Phi) is 8.46. The van der Waals surface area contributed by atoms with Gasteiger partial charge in [0.25, 0.3) is 0 Å². The van der Waals surface area contributed by atoms with Crippen molar-refractivity contribution in [1.82, 2.24) is 44.9 Å². The minimum Gasteiger partial charge on any atom is -0.252 e. The van der Waals surface area contributed by atoms with Crippen LogP contribution < -0.4 is 0 Å². The van der Waals surface area contributed by atoms with Crippen molar-refractivity contribution in [2.75, 3.05) is 0 Å². The molecule has 7 rings (SSSR count). The molecule has 0 aliphatic heterocycles. The minimum absolute atomic E-state index is 0.0412. The Balaban J connectivity index is 1.38. The van der Waals surface area contributed by atoms with E-state index in [1.807, 2.05) is 20.8 Å². The number of rotatable bonds is 6. The molecular formula is C36H21F6N9. The van der Waals surface area contributed by atoms with Crippen molar-refractivity contribution in [3.8, 4) is 67.5 Å². The predicted molar refractivity (Wildman–Crippen MR) is 173 cm³/mol. The summed E-state index contributed by atoms with van der Waals surface area (Å²) in [4.78, 5) is 36.5. The summed E-state index contributed by atoms with van der Waals surface area (Å²) in [6.45, 7) is 5.52. The van der Waals surface area contributed by atoms with Gasteiger partial charge in [-0.1, -0.05) is 0 Å². The average molecular weight is 694 g/mol. The summed E-state index contributed by atoms with van der Waals surface area (Å²) in [6, 6.07) is 6.69. The summed E-state index contributed by atoms with van der Waals surface area (Å²) in [6.07, 6.45) is 8.33. The van der Waals surface area contributed by atoms with Crippen molar-refractivity contribution in [2.24, 2.45) is 0 Å². The highest BCUT2D eigenvalue weighted by Gasteiger charge is 2.24. The van der Waals surface area contributed by atoms with Gasteiger partial charge in [0.1, 0.15) is 0 Å². The SMILES string of the molecule is Cc1c(-c2cnc(-c3ccc(F)nc3F)cn2)c(C)c(-c2cnc(-c3ccc(F)nc3F)cn2)c(C)c1-c1cnc(-c2ccc(F)nc2F)cn1. The van der Waals surface area contributed by atoms with Crippen LogP contribution in [0.15, 0.2) is 73.6 Å². The summed E-state index contributed by atoms with van der Waals surface area (Å²) in [5.41, 5.74) is 5.35. The molecule has 6 heterocycles. The van der Waals surface area contributed by atoms with Crippen LogP contribution in [-0.4, -0.2) is 44.9 Å². The zero-order valence-corrected chi connectivity index (χ0v) is 26.7. The van der Waals surface area contributed by atoms with Crippen molar-refractivity contribution in [3.63, 3.8) is 0 Å². The van der Waals surface area contributed by atoms with Gasteiger partial charge in [-0.25, -0.2) is 0 Å². The molecule has 1 aromatic carbocycles. The van der Waals surface area contributed by atoms with Crippen LogP contribution in [0.1, 0.15) is 16.7 Å². The van der Waals surface area contributed by atoms with Crippen molar-refractivity contribution >= 4 is 0 Å². The third-order valence-corrected chi connectivity index (χ3v) is 8.25. The summed E-state index contributed by atoms with van der Waals surface area (Å²) in [5, 5.41) is 0. The molecule has 0 saturated carbocycles. The number of aromatic nitrogens is 9. The third kappa shape index (κ3) is 6.13. The fourth-order valence-corrected chi connectivity index (χ4v) is 5.97. The van der Waals surface area contributed by atoms with Gasteiger partial charge < -0.3 is 0 Å². The van der Waals surface area contributed by atoms with Crippen molar-refractivity contribution in [1.29, 1.82) is 0 Å². The van der Waals surface area contributed by atoms with E-state index in [1.165, 1.54) is 55.4 Å². The molecule has 252 valence electrons. The van der Waals surface area contributed by atoms with Gasteiger partial charge in [-0.15, -0.1) is 0 Å². The highest BCUT2D eigenvalue weighted by molar-refractivity contribution is 5.89. The van der Waals surface area contributed by atoms with Crippen LogP contribution in [0.4, 0.5) is 26.3 Å². The molecule has 0 aliphatic carbocycles. The molecule has 0 aliphatic rings. The zero-order chi connectivity index (χ0) is 36.0. The Bertz CT molecular complexity index is 2160. The first-order valence-electron chi connectivity index (χ1n) is 15.1. The Morgan fingerprint density at radius 3 is 0.784 bits per heavy atom. The van der Waals surface area contributed by atoms with E-state index in [-0.39, 0.29) is 33.8 Å². The molecule has 0 N–H and O–H groups in total. The molecule has 0 saturated heterocycles. The molecule has 7 aromatic rings. The Morgan fingerprint density at radius 2 is 0.569 bits per heavy atom. The van der Waals surface area contributed by atoms with E-state index in [0.29, 0.717) is 50.5 Å². The van der Waals surface area contributed by atoms with Crippen LogP contribution in [-0.2, 0) is 0 Å². The van der Waals surface area contributed by atoms with Crippen LogP contribution in [0.2, 0.25) is 0 Å². The minimum atomic E-state index is -1.04. The van der Waals surface area contributed by atoms with Crippen LogP contribution in [0, 0.1) is 56.5 Å². The van der Waals surface area contributed by atoms with Crippen molar-refractivity contribution in [3.05, 3.63) is 126 Å². The largest absolute Gasteiger partial charge is 0.252 e. The number of hydrogen-bond donors (Lipinski definition) is 0. The number of benzene rings is 1. The molecule has 0 spiro atoms. The monoisotopic (exact) mass is 693 g/mol. The second kappa shape index (κ2) is 13.1. The van der Waals surface area contributed by atoms with E-state index in [2.05, 4.69) is 44.9 Å². The number of pyridine rings is 3. The summed E-state index contributed by atoms with van der Waals surface area (Å²) in [7, 11) is 0. The highest BCUT2D eigenvalue weighted by atomic mass is 19.2. The van der Waals surface area contributed by atoms with E-state index in [0.717, 1.165) is 18.2 Å². The second-order valence-electron chi connectivity index (χ2n) is 11.3. The van der Waals surface area contributed by atoms with Gasteiger partial charge in [-0.05, 0) is 73.9 Å². The van der Waals surface area contributed by atoms with Crippen molar-refractivity contribution in [2.45, 2.75) is 20.8 Å². The number of nitrogens with zero attached hydrogens (tertiary/aromatic N) is 9. The maximum absolute atomic E-state index is 14.4. The fourth-order valence-electron chi connectivity index (χ4n) is 5.97. The van der Waals surface area contributed by atoms with Gasteiger partial charge in [0.15, 0.2) is 0 Å². The topological polar surface area (TPSA) is 116 Å². The number of halogens is 6. The van der Waals surface area contributed by atoms with Gasteiger partial charge in [-0.3, -0.25) is 29.9 Å². The van der Waals surface area contributed by atoms with Gasteiger partial charge in [-0.2, -0.15) is 41.3 Å². The highest BCUT2D eigenvalue weighted by Crippen LogP contribution is 2.42. The van der Waals surface area contributed by atoms with Crippen LogP contribution in [0.25, 0.3) is 67.5 Å². The summed E-state index contributed by atoms with van der Waals surface area (Å²) < 4.78 is 83.6. The van der Waals surface area contributed by atoms with E-state index >= 15 is 0 Å². The van der Waals surface area contributed by atoms with E-state index in [4.69, 9.17) is 0 Å². The fraction of sp³-hybridized carbons (Fsp3) is 0.0833. The van der Waals surface area contributed by atoms with Gasteiger partial charge in [0.05, 0.1) is 88.0 Å². The zero-order valence-electron chi connectivity index (χ0n) is 26.7. The molecular weight excluding hydrogens is 672 g/mol. The molecule has 0 amide bonds. The Hall–Kier alpha value is -6.51. The third-order valence-electron chi connectivity index (χ3n) is 8.25. The standard InChI is InChI=1S/C36H21F6N9/c1-16-31(25-13-43-22(10-46-25)19-4-7-28(37)49-34(19)40)17(2)33(27-15-45-24(12-48-27)21-6-9-30(39)51-36(21)42)18(3)32(16)26-14-44-23(11-47-26)20-5-8-29(38)50-35(20)41/h4-15H,1-3H3. The van der Waals surface area contributed by atoms with Crippen LogP contribution in [0.3, 0.4) is 0 Å². The molecule has 9 nitrogen and oxygen atoms in total. The van der Waals surface area contributed by atoms with Crippen molar-refractivity contribution < 1.29 is 26.3 Å². The molecule has 0 fully saturated rings. The van der Waals surface area contributed by atoms with Gasteiger partial charge in [0.2, 0.25) is 35.7 Å². The Labute approximate surface area is 285 Å².